The van der Waals surface area contributed by atoms with Gasteiger partial charge in [0, 0.05) is 5.69 Å². The van der Waals surface area contributed by atoms with Gasteiger partial charge in [-0.15, -0.1) is 0 Å². The summed E-state index contributed by atoms with van der Waals surface area (Å²) in [7, 11) is 0. The minimum absolute atomic E-state index is 0.00793. The number of hydrogen-bond acceptors (Lipinski definition) is 4. The standard InChI is InChI=1S/C17H16FNO4/c1-10-4-3-5-14(15(10)20)17(22)23-11(2)16(21)19-13-8-6-12(18)7-9-13/h3-9,11,20H,1-2H3,(H,19,21)/t11-/m0/s1. The van der Waals surface area contributed by atoms with Crippen molar-refractivity contribution in [3.05, 3.63) is 59.4 Å². The van der Waals surface area contributed by atoms with E-state index in [0.717, 1.165) is 0 Å². The van der Waals surface area contributed by atoms with E-state index >= 15 is 0 Å². The second-order valence-electron chi connectivity index (χ2n) is 5.01. The van der Waals surface area contributed by atoms with Crippen molar-refractivity contribution in [2.24, 2.45) is 0 Å². The van der Waals surface area contributed by atoms with Crippen LogP contribution in [0.1, 0.15) is 22.8 Å². The van der Waals surface area contributed by atoms with E-state index in [0.29, 0.717) is 11.3 Å². The lowest BCUT2D eigenvalue weighted by Crippen LogP contribution is -2.30. The minimum atomic E-state index is -1.08. The third-order valence-electron chi connectivity index (χ3n) is 3.22. The summed E-state index contributed by atoms with van der Waals surface area (Å²) in [5.74, 6) is -1.95. The fraction of sp³-hybridized carbons (Fsp3) is 0.176. The molecule has 0 bridgehead atoms. The zero-order chi connectivity index (χ0) is 17.0. The molecule has 0 aromatic heterocycles. The molecule has 0 aliphatic rings. The Balaban J connectivity index is 2.01. The zero-order valence-corrected chi connectivity index (χ0v) is 12.7. The Morgan fingerprint density at radius 2 is 1.83 bits per heavy atom. The second kappa shape index (κ2) is 6.91. The number of ether oxygens (including phenoxy) is 1. The number of hydrogen-bond donors (Lipinski definition) is 2. The fourth-order valence-electron chi connectivity index (χ4n) is 1.88. The molecule has 0 saturated carbocycles. The first kappa shape index (κ1) is 16.5. The van der Waals surface area contributed by atoms with Crippen LogP contribution in [0.2, 0.25) is 0 Å². The van der Waals surface area contributed by atoms with Gasteiger partial charge in [-0.1, -0.05) is 12.1 Å². The Kier molecular flexibility index (Phi) is 4.95. The molecule has 6 heteroatoms. The van der Waals surface area contributed by atoms with Gasteiger partial charge in [0.15, 0.2) is 6.10 Å². The van der Waals surface area contributed by atoms with E-state index < -0.39 is 23.8 Å². The van der Waals surface area contributed by atoms with E-state index in [1.165, 1.54) is 37.3 Å². The van der Waals surface area contributed by atoms with Crippen LogP contribution >= 0.6 is 0 Å². The highest BCUT2D eigenvalue weighted by Gasteiger charge is 2.21. The maximum Gasteiger partial charge on any atom is 0.342 e. The highest BCUT2D eigenvalue weighted by atomic mass is 19.1. The zero-order valence-electron chi connectivity index (χ0n) is 12.7. The number of rotatable bonds is 4. The molecule has 23 heavy (non-hydrogen) atoms. The van der Waals surface area contributed by atoms with Crippen LogP contribution in [0.5, 0.6) is 5.75 Å². The lowest BCUT2D eigenvalue weighted by atomic mass is 10.1. The number of esters is 1. The molecule has 120 valence electrons. The molecule has 1 atom stereocenters. The van der Waals surface area contributed by atoms with Gasteiger partial charge >= 0.3 is 5.97 Å². The number of aryl methyl sites for hydroxylation is 1. The van der Waals surface area contributed by atoms with Gasteiger partial charge in [-0.05, 0) is 49.7 Å². The van der Waals surface area contributed by atoms with Gasteiger partial charge in [0.05, 0.1) is 0 Å². The Morgan fingerprint density at radius 1 is 1.17 bits per heavy atom. The largest absolute Gasteiger partial charge is 0.507 e. The smallest absolute Gasteiger partial charge is 0.342 e. The fourth-order valence-corrected chi connectivity index (χ4v) is 1.88. The SMILES string of the molecule is Cc1cccc(C(=O)O[C@@H](C)C(=O)Nc2ccc(F)cc2)c1O. The van der Waals surface area contributed by atoms with Crippen LogP contribution in [0.3, 0.4) is 0 Å². The Hall–Kier alpha value is -2.89. The summed E-state index contributed by atoms with van der Waals surface area (Å²) < 4.78 is 17.9. The van der Waals surface area contributed by atoms with Gasteiger partial charge in [-0.3, -0.25) is 4.79 Å². The van der Waals surface area contributed by atoms with E-state index in [9.17, 15) is 19.1 Å². The van der Waals surface area contributed by atoms with Gasteiger partial charge in [0.25, 0.3) is 5.91 Å². The van der Waals surface area contributed by atoms with Crippen LogP contribution in [0, 0.1) is 12.7 Å². The number of para-hydroxylation sites is 1. The van der Waals surface area contributed by atoms with Gasteiger partial charge in [0.1, 0.15) is 17.1 Å². The normalized spacial score (nSPS) is 11.6. The number of aromatic hydroxyl groups is 1. The molecule has 1 amide bonds. The van der Waals surface area contributed by atoms with Crippen molar-refractivity contribution in [1.29, 1.82) is 0 Å². The third-order valence-corrected chi connectivity index (χ3v) is 3.22. The Morgan fingerprint density at radius 3 is 2.48 bits per heavy atom. The first-order valence-corrected chi connectivity index (χ1v) is 6.94. The van der Waals surface area contributed by atoms with Crippen molar-refractivity contribution in [2.45, 2.75) is 20.0 Å². The van der Waals surface area contributed by atoms with Gasteiger partial charge < -0.3 is 15.2 Å². The van der Waals surface area contributed by atoms with Crippen LogP contribution in [-0.2, 0) is 9.53 Å². The quantitative estimate of drug-likeness (QED) is 0.850. The molecule has 2 N–H and O–H groups in total. The summed E-state index contributed by atoms with van der Waals surface area (Å²) in [4.78, 5) is 24.0. The third kappa shape index (κ3) is 4.06. The molecule has 0 unspecified atom stereocenters. The highest BCUT2D eigenvalue weighted by Crippen LogP contribution is 2.22. The summed E-state index contributed by atoms with van der Waals surface area (Å²) in [6, 6.07) is 9.87. The van der Waals surface area contributed by atoms with Gasteiger partial charge in [0.2, 0.25) is 0 Å². The van der Waals surface area contributed by atoms with Crippen LogP contribution in [-0.4, -0.2) is 23.1 Å². The average Bonchev–Trinajstić information content (AvgIpc) is 2.52. The number of nitrogens with one attached hydrogen (secondary N) is 1. The average molecular weight is 317 g/mol. The summed E-state index contributed by atoms with van der Waals surface area (Å²) in [5.41, 5.74) is 0.909. The number of phenolic OH excluding ortho intramolecular Hbond substituents is 1. The molecule has 0 heterocycles. The number of benzene rings is 2. The monoisotopic (exact) mass is 317 g/mol. The topological polar surface area (TPSA) is 75.6 Å². The Labute approximate surface area is 132 Å². The number of amides is 1. The van der Waals surface area contributed by atoms with Gasteiger partial charge in [-0.2, -0.15) is 0 Å². The molecule has 0 fully saturated rings. The first-order chi connectivity index (χ1) is 10.9. The molecule has 0 spiro atoms. The number of phenols is 1. The van der Waals surface area contributed by atoms with Crippen molar-refractivity contribution in [1.82, 2.24) is 0 Å². The molecule has 2 rings (SSSR count). The summed E-state index contributed by atoms with van der Waals surface area (Å²) in [6.07, 6.45) is -1.08. The van der Waals surface area contributed by atoms with Crippen molar-refractivity contribution in [3.8, 4) is 5.75 Å². The molecule has 2 aromatic carbocycles. The number of anilines is 1. The molecule has 2 aromatic rings. The van der Waals surface area contributed by atoms with Crippen LogP contribution in [0.4, 0.5) is 10.1 Å². The summed E-state index contributed by atoms with van der Waals surface area (Å²) in [6.45, 7) is 3.06. The van der Waals surface area contributed by atoms with E-state index in [1.54, 1.807) is 19.1 Å². The predicted octanol–water partition coefficient (Wildman–Crippen LogP) is 3.02. The van der Waals surface area contributed by atoms with E-state index in [4.69, 9.17) is 4.74 Å². The first-order valence-electron chi connectivity index (χ1n) is 6.94. The van der Waals surface area contributed by atoms with E-state index in [1.807, 2.05) is 0 Å². The number of carbonyl (C=O) groups excluding carboxylic acids is 2. The van der Waals surface area contributed by atoms with Gasteiger partial charge in [-0.25, -0.2) is 9.18 Å². The molecular weight excluding hydrogens is 301 g/mol. The number of halogens is 1. The number of carbonyl (C=O) groups is 2. The van der Waals surface area contributed by atoms with Crippen molar-refractivity contribution in [2.75, 3.05) is 5.32 Å². The van der Waals surface area contributed by atoms with Crippen LogP contribution < -0.4 is 5.32 Å². The second-order valence-corrected chi connectivity index (χ2v) is 5.01. The van der Waals surface area contributed by atoms with E-state index in [2.05, 4.69) is 5.32 Å². The van der Waals surface area contributed by atoms with Crippen molar-refractivity contribution >= 4 is 17.6 Å². The van der Waals surface area contributed by atoms with Crippen LogP contribution in [0.15, 0.2) is 42.5 Å². The lowest BCUT2D eigenvalue weighted by Gasteiger charge is -2.14. The van der Waals surface area contributed by atoms with E-state index in [-0.39, 0.29) is 11.3 Å². The van der Waals surface area contributed by atoms with Crippen molar-refractivity contribution in [3.63, 3.8) is 0 Å². The summed E-state index contributed by atoms with van der Waals surface area (Å²) in [5, 5.41) is 12.4. The molecule has 5 nitrogen and oxygen atoms in total. The predicted molar refractivity (Wildman–Crippen MR) is 82.8 cm³/mol. The molecule has 0 aliphatic carbocycles. The molecule has 0 saturated heterocycles. The lowest BCUT2D eigenvalue weighted by molar-refractivity contribution is -0.123. The maximum atomic E-state index is 12.8. The minimum Gasteiger partial charge on any atom is -0.507 e. The molecule has 0 radical (unpaired) electrons. The molecular formula is C17H16FNO4. The molecule has 0 aliphatic heterocycles. The van der Waals surface area contributed by atoms with Crippen LogP contribution in [0.25, 0.3) is 0 Å². The van der Waals surface area contributed by atoms with Crippen molar-refractivity contribution < 1.29 is 23.8 Å². The summed E-state index contributed by atoms with van der Waals surface area (Å²) >= 11 is 0. The highest BCUT2D eigenvalue weighted by molar-refractivity contribution is 5.98. The maximum absolute atomic E-state index is 12.8. The Bertz CT molecular complexity index is 728.